The number of amides is 1. The zero-order valence-corrected chi connectivity index (χ0v) is 11.7. The molecule has 0 saturated carbocycles. The number of hydrogen-bond acceptors (Lipinski definition) is 2. The van der Waals surface area contributed by atoms with E-state index in [0.29, 0.717) is 12.1 Å². The molecule has 0 bridgehead atoms. The maximum Gasteiger partial charge on any atom is 0.326 e. The van der Waals surface area contributed by atoms with Gasteiger partial charge in [-0.2, -0.15) is 0 Å². The molecule has 0 spiro atoms. The van der Waals surface area contributed by atoms with Crippen LogP contribution in [-0.4, -0.2) is 27.6 Å². The molecule has 0 aliphatic carbocycles. The molecule has 0 saturated heterocycles. The predicted molar refractivity (Wildman–Crippen MR) is 73.1 cm³/mol. The Hall–Kier alpha value is -1.78. The Kier molecular flexibility index (Phi) is 5.60. The molecule has 1 heterocycles. The van der Waals surface area contributed by atoms with Gasteiger partial charge in [0.05, 0.1) is 0 Å². The summed E-state index contributed by atoms with van der Waals surface area (Å²) >= 11 is 0. The van der Waals surface area contributed by atoms with E-state index >= 15 is 0 Å². The number of carbonyl (C=O) groups excluding carboxylic acids is 1. The van der Waals surface area contributed by atoms with Crippen molar-refractivity contribution in [2.24, 2.45) is 5.92 Å². The second kappa shape index (κ2) is 6.97. The Morgan fingerprint density at radius 2 is 2.11 bits per heavy atom. The summed E-state index contributed by atoms with van der Waals surface area (Å²) in [5.74, 6) is -1.42. The van der Waals surface area contributed by atoms with Crippen molar-refractivity contribution in [2.45, 2.75) is 46.2 Å². The maximum absolute atomic E-state index is 12.1. The van der Waals surface area contributed by atoms with Crippen molar-refractivity contribution in [3.05, 3.63) is 24.0 Å². The second-order valence-electron chi connectivity index (χ2n) is 4.76. The number of carboxylic acids is 1. The molecular formula is C14H22N2O3. The Balaban J connectivity index is 2.82. The van der Waals surface area contributed by atoms with Crippen LogP contribution in [0.4, 0.5) is 0 Å². The molecule has 1 aromatic heterocycles. The number of hydrogen-bond donors (Lipinski definition) is 2. The van der Waals surface area contributed by atoms with Crippen molar-refractivity contribution >= 4 is 11.9 Å². The Morgan fingerprint density at radius 3 is 2.63 bits per heavy atom. The van der Waals surface area contributed by atoms with E-state index in [1.807, 2.05) is 31.5 Å². The molecular weight excluding hydrogens is 244 g/mol. The molecule has 0 aliphatic rings. The van der Waals surface area contributed by atoms with Gasteiger partial charge in [0, 0.05) is 12.7 Å². The normalized spacial score (nSPS) is 13.8. The van der Waals surface area contributed by atoms with Crippen LogP contribution in [0.3, 0.4) is 0 Å². The first-order valence-electron chi connectivity index (χ1n) is 6.70. The minimum Gasteiger partial charge on any atom is -0.480 e. The molecule has 2 atom stereocenters. The molecule has 1 aromatic rings. The average Bonchev–Trinajstić information content (AvgIpc) is 2.83. The summed E-state index contributed by atoms with van der Waals surface area (Å²) in [6.07, 6.45) is 3.45. The highest BCUT2D eigenvalue weighted by Gasteiger charge is 2.26. The number of carboxylic acid groups (broad SMARTS) is 1. The first-order valence-corrected chi connectivity index (χ1v) is 6.70. The quantitative estimate of drug-likeness (QED) is 0.794. The van der Waals surface area contributed by atoms with Crippen molar-refractivity contribution in [1.82, 2.24) is 9.88 Å². The summed E-state index contributed by atoms with van der Waals surface area (Å²) in [6, 6.07) is 2.66. The Labute approximate surface area is 113 Å². The van der Waals surface area contributed by atoms with Gasteiger partial charge in [0.1, 0.15) is 11.7 Å². The third kappa shape index (κ3) is 3.84. The van der Waals surface area contributed by atoms with Crippen LogP contribution in [0.5, 0.6) is 0 Å². The number of aliphatic carboxylic acids is 1. The number of aromatic nitrogens is 1. The molecule has 5 nitrogen and oxygen atoms in total. The molecule has 0 radical (unpaired) electrons. The summed E-state index contributed by atoms with van der Waals surface area (Å²) in [5, 5.41) is 11.8. The van der Waals surface area contributed by atoms with Gasteiger partial charge in [-0.05, 0) is 24.5 Å². The Morgan fingerprint density at radius 1 is 1.42 bits per heavy atom. The SMILES string of the molecule is CCCn1cccc1C(=O)N[C@H](C(=O)O)C(C)CC. The van der Waals surface area contributed by atoms with Crippen LogP contribution in [-0.2, 0) is 11.3 Å². The number of aryl methyl sites for hydroxylation is 1. The van der Waals surface area contributed by atoms with Crippen LogP contribution >= 0.6 is 0 Å². The molecule has 0 aliphatic heterocycles. The standard InChI is InChI=1S/C14H22N2O3/c1-4-8-16-9-6-7-11(16)13(17)15-12(14(18)19)10(3)5-2/h6-7,9-10,12H,4-5,8H2,1-3H3,(H,15,17)(H,18,19)/t10?,12-/m0/s1. The fraction of sp³-hybridized carbons (Fsp3) is 0.571. The molecule has 1 rings (SSSR count). The van der Waals surface area contributed by atoms with E-state index in [4.69, 9.17) is 0 Å². The van der Waals surface area contributed by atoms with Crippen LogP contribution < -0.4 is 5.32 Å². The highest BCUT2D eigenvalue weighted by Crippen LogP contribution is 2.10. The van der Waals surface area contributed by atoms with Gasteiger partial charge < -0.3 is 15.0 Å². The van der Waals surface area contributed by atoms with Gasteiger partial charge in [-0.15, -0.1) is 0 Å². The van der Waals surface area contributed by atoms with Crippen molar-refractivity contribution in [3.8, 4) is 0 Å². The second-order valence-corrected chi connectivity index (χ2v) is 4.76. The smallest absolute Gasteiger partial charge is 0.326 e. The van der Waals surface area contributed by atoms with E-state index in [2.05, 4.69) is 5.32 Å². The van der Waals surface area contributed by atoms with E-state index < -0.39 is 12.0 Å². The van der Waals surface area contributed by atoms with E-state index in [1.54, 1.807) is 12.1 Å². The van der Waals surface area contributed by atoms with Gasteiger partial charge in [0.25, 0.3) is 5.91 Å². The van der Waals surface area contributed by atoms with E-state index in [0.717, 1.165) is 13.0 Å². The molecule has 19 heavy (non-hydrogen) atoms. The molecule has 2 N–H and O–H groups in total. The van der Waals surface area contributed by atoms with Crippen molar-refractivity contribution in [3.63, 3.8) is 0 Å². The van der Waals surface area contributed by atoms with Crippen LogP contribution in [0.15, 0.2) is 18.3 Å². The number of rotatable bonds is 7. The monoisotopic (exact) mass is 266 g/mol. The number of carbonyl (C=O) groups is 2. The first kappa shape index (κ1) is 15.3. The largest absolute Gasteiger partial charge is 0.480 e. The topological polar surface area (TPSA) is 71.3 Å². The van der Waals surface area contributed by atoms with Crippen LogP contribution in [0.2, 0.25) is 0 Å². The van der Waals surface area contributed by atoms with Crippen molar-refractivity contribution < 1.29 is 14.7 Å². The molecule has 1 amide bonds. The van der Waals surface area contributed by atoms with E-state index in [-0.39, 0.29) is 11.8 Å². The highest BCUT2D eigenvalue weighted by atomic mass is 16.4. The molecule has 0 fully saturated rings. The Bertz CT molecular complexity index is 440. The summed E-state index contributed by atoms with van der Waals surface area (Å²) in [6.45, 7) is 6.51. The van der Waals surface area contributed by atoms with Crippen LogP contribution in [0, 0.1) is 5.92 Å². The minimum absolute atomic E-state index is 0.101. The van der Waals surface area contributed by atoms with Gasteiger partial charge in [0.2, 0.25) is 0 Å². The third-order valence-corrected chi connectivity index (χ3v) is 3.29. The number of nitrogens with zero attached hydrogens (tertiary/aromatic N) is 1. The van der Waals surface area contributed by atoms with E-state index in [1.165, 1.54) is 0 Å². The lowest BCUT2D eigenvalue weighted by molar-refractivity contribution is -0.140. The van der Waals surface area contributed by atoms with E-state index in [9.17, 15) is 14.7 Å². The fourth-order valence-corrected chi connectivity index (χ4v) is 1.95. The van der Waals surface area contributed by atoms with Crippen molar-refractivity contribution in [2.75, 3.05) is 0 Å². The lowest BCUT2D eigenvalue weighted by Crippen LogP contribution is -2.45. The minimum atomic E-state index is -0.990. The number of nitrogens with one attached hydrogen (secondary N) is 1. The lowest BCUT2D eigenvalue weighted by atomic mass is 9.99. The van der Waals surface area contributed by atoms with Crippen LogP contribution in [0.1, 0.15) is 44.1 Å². The summed E-state index contributed by atoms with van der Waals surface area (Å²) < 4.78 is 1.84. The zero-order valence-electron chi connectivity index (χ0n) is 11.7. The van der Waals surface area contributed by atoms with Gasteiger partial charge in [-0.1, -0.05) is 27.2 Å². The van der Waals surface area contributed by atoms with Gasteiger partial charge >= 0.3 is 5.97 Å². The molecule has 1 unspecified atom stereocenters. The zero-order chi connectivity index (χ0) is 14.4. The van der Waals surface area contributed by atoms with Crippen molar-refractivity contribution in [1.29, 1.82) is 0 Å². The fourth-order valence-electron chi connectivity index (χ4n) is 1.95. The summed E-state index contributed by atoms with van der Waals surface area (Å²) in [5.41, 5.74) is 0.511. The molecule has 106 valence electrons. The third-order valence-electron chi connectivity index (χ3n) is 3.29. The van der Waals surface area contributed by atoms with Gasteiger partial charge in [-0.3, -0.25) is 4.79 Å². The highest BCUT2D eigenvalue weighted by molar-refractivity contribution is 5.95. The maximum atomic E-state index is 12.1. The predicted octanol–water partition coefficient (Wildman–Crippen LogP) is 2.13. The lowest BCUT2D eigenvalue weighted by Gasteiger charge is -2.20. The molecule has 5 heteroatoms. The summed E-state index contributed by atoms with van der Waals surface area (Å²) in [7, 11) is 0. The average molecular weight is 266 g/mol. The van der Waals surface area contributed by atoms with Gasteiger partial charge in [-0.25, -0.2) is 4.79 Å². The molecule has 0 aromatic carbocycles. The van der Waals surface area contributed by atoms with Crippen LogP contribution in [0.25, 0.3) is 0 Å². The van der Waals surface area contributed by atoms with Gasteiger partial charge in [0.15, 0.2) is 0 Å². The summed E-state index contributed by atoms with van der Waals surface area (Å²) in [4.78, 5) is 23.3. The first-order chi connectivity index (χ1) is 9.01.